The van der Waals surface area contributed by atoms with Gasteiger partial charge in [-0.15, -0.1) is 0 Å². The molecule has 3 aromatic rings. The van der Waals surface area contributed by atoms with Crippen molar-refractivity contribution in [1.29, 1.82) is 0 Å². The van der Waals surface area contributed by atoms with Crippen molar-refractivity contribution >= 4 is 11.5 Å². The van der Waals surface area contributed by atoms with Gasteiger partial charge < -0.3 is 5.11 Å². The summed E-state index contributed by atoms with van der Waals surface area (Å²) < 4.78 is 1.73. The smallest absolute Gasteiger partial charge is 0.337 e. The molecule has 0 atom stereocenters. The molecule has 0 fully saturated rings. The minimum absolute atomic E-state index is 0.229. The second-order valence-electron chi connectivity index (χ2n) is 3.78. The first-order valence-electron chi connectivity index (χ1n) is 5.38. The third kappa shape index (κ3) is 1.53. The Kier molecular flexibility index (Phi) is 2.30. The number of carbonyl (C=O) groups is 1. The van der Waals surface area contributed by atoms with Gasteiger partial charge in [-0.25, -0.2) is 9.78 Å². The molecule has 0 aliphatic carbocycles. The predicted molar refractivity (Wildman–Crippen MR) is 65.4 cm³/mol. The average molecular weight is 239 g/mol. The molecule has 0 saturated carbocycles. The van der Waals surface area contributed by atoms with E-state index in [2.05, 4.69) is 9.97 Å². The van der Waals surface area contributed by atoms with Gasteiger partial charge in [0.15, 0.2) is 5.82 Å². The number of carboxylic acids is 1. The molecule has 3 heterocycles. The molecule has 0 aliphatic rings. The van der Waals surface area contributed by atoms with Crippen molar-refractivity contribution < 1.29 is 9.90 Å². The van der Waals surface area contributed by atoms with E-state index in [9.17, 15) is 4.79 Å². The molecule has 0 aromatic carbocycles. The molecule has 0 saturated heterocycles. The number of fused-ring (bicyclic) bond motifs is 1. The zero-order chi connectivity index (χ0) is 12.5. The fraction of sp³-hybridized carbons (Fsp3) is 0. The van der Waals surface area contributed by atoms with Gasteiger partial charge in [-0.2, -0.15) is 0 Å². The fourth-order valence-corrected chi connectivity index (χ4v) is 1.89. The van der Waals surface area contributed by atoms with Crippen molar-refractivity contribution in [2.75, 3.05) is 0 Å². The molecule has 0 radical (unpaired) electrons. The highest BCUT2D eigenvalue weighted by atomic mass is 16.4. The van der Waals surface area contributed by atoms with Crippen LogP contribution in [0.1, 0.15) is 10.4 Å². The summed E-state index contributed by atoms with van der Waals surface area (Å²) in [4.78, 5) is 19.6. The Labute approximate surface area is 102 Å². The van der Waals surface area contributed by atoms with Crippen molar-refractivity contribution in [1.82, 2.24) is 14.4 Å². The van der Waals surface area contributed by atoms with Gasteiger partial charge in [0.1, 0.15) is 5.69 Å². The molecule has 3 rings (SSSR count). The molecule has 18 heavy (non-hydrogen) atoms. The normalized spacial score (nSPS) is 10.7. The zero-order valence-electron chi connectivity index (χ0n) is 9.32. The Bertz CT molecular complexity index is 719. The number of hydrogen-bond donors (Lipinski definition) is 1. The summed E-state index contributed by atoms with van der Waals surface area (Å²) in [6.07, 6.45) is 5.00. The molecule has 0 aliphatic heterocycles. The third-order valence-corrected chi connectivity index (χ3v) is 2.70. The fourth-order valence-electron chi connectivity index (χ4n) is 1.89. The van der Waals surface area contributed by atoms with Crippen LogP contribution in [0.3, 0.4) is 0 Å². The number of hydrogen-bond acceptors (Lipinski definition) is 3. The highest BCUT2D eigenvalue weighted by molar-refractivity contribution is 5.95. The van der Waals surface area contributed by atoms with Crippen LogP contribution in [0.4, 0.5) is 0 Å². The summed E-state index contributed by atoms with van der Waals surface area (Å²) in [6.45, 7) is 0. The number of rotatable bonds is 2. The van der Waals surface area contributed by atoms with Gasteiger partial charge in [-0.3, -0.25) is 9.38 Å². The Morgan fingerprint density at radius 1 is 1.17 bits per heavy atom. The Balaban J connectivity index is 2.28. The summed E-state index contributed by atoms with van der Waals surface area (Å²) in [5, 5.41) is 9.11. The first-order valence-corrected chi connectivity index (χ1v) is 5.38. The third-order valence-electron chi connectivity index (χ3n) is 2.70. The van der Waals surface area contributed by atoms with E-state index in [0.717, 1.165) is 0 Å². The number of aromatic carboxylic acids is 1. The molecule has 5 nitrogen and oxygen atoms in total. The van der Waals surface area contributed by atoms with Crippen LogP contribution in [0, 0.1) is 0 Å². The van der Waals surface area contributed by atoms with Crippen LogP contribution in [-0.2, 0) is 0 Å². The highest BCUT2D eigenvalue weighted by Crippen LogP contribution is 2.19. The molecule has 1 N–H and O–H groups in total. The van der Waals surface area contributed by atoms with Gasteiger partial charge in [0, 0.05) is 12.4 Å². The lowest BCUT2D eigenvalue weighted by molar-refractivity contribution is 0.0698. The monoisotopic (exact) mass is 239 g/mol. The molecule has 3 aromatic heterocycles. The topological polar surface area (TPSA) is 67.5 Å². The van der Waals surface area contributed by atoms with Gasteiger partial charge in [-0.05, 0) is 24.3 Å². The SMILES string of the molecule is O=C(O)c1cccn2c(-c3ccccn3)ncc12. The van der Waals surface area contributed by atoms with Crippen LogP contribution in [0.25, 0.3) is 17.0 Å². The van der Waals surface area contributed by atoms with Gasteiger partial charge in [0.25, 0.3) is 0 Å². The summed E-state index contributed by atoms with van der Waals surface area (Å²) in [5.74, 6) is -0.332. The van der Waals surface area contributed by atoms with E-state index in [1.807, 2.05) is 18.2 Å². The van der Waals surface area contributed by atoms with E-state index >= 15 is 0 Å². The quantitative estimate of drug-likeness (QED) is 0.743. The summed E-state index contributed by atoms with van der Waals surface area (Å²) in [7, 11) is 0. The van der Waals surface area contributed by atoms with Gasteiger partial charge in [-0.1, -0.05) is 6.07 Å². The first-order chi connectivity index (χ1) is 8.77. The van der Waals surface area contributed by atoms with Crippen LogP contribution in [-0.4, -0.2) is 25.4 Å². The van der Waals surface area contributed by atoms with Crippen molar-refractivity contribution in [2.24, 2.45) is 0 Å². The zero-order valence-corrected chi connectivity index (χ0v) is 9.32. The maximum Gasteiger partial charge on any atom is 0.337 e. The summed E-state index contributed by atoms with van der Waals surface area (Å²) in [5.41, 5.74) is 1.50. The Morgan fingerprint density at radius 3 is 2.78 bits per heavy atom. The Morgan fingerprint density at radius 2 is 2.06 bits per heavy atom. The van der Waals surface area contributed by atoms with Crippen molar-refractivity contribution in [3.05, 3.63) is 54.5 Å². The molecule has 0 unspecified atom stereocenters. The van der Waals surface area contributed by atoms with E-state index in [1.54, 1.807) is 35.1 Å². The molecule has 0 spiro atoms. The maximum atomic E-state index is 11.1. The first kappa shape index (κ1) is 10.5. The largest absolute Gasteiger partial charge is 0.478 e. The van der Waals surface area contributed by atoms with E-state index in [0.29, 0.717) is 17.0 Å². The van der Waals surface area contributed by atoms with Crippen LogP contribution >= 0.6 is 0 Å². The minimum Gasteiger partial charge on any atom is -0.478 e. The lowest BCUT2D eigenvalue weighted by atomic mass is 10.2. The second-order valence-corrected chi connectivity index (χ2v) is 3.78. The average Bonchev–Trinajstić information content (AvgIpc) is 2.83. The molecule has 5 heteroatoms. The number of imidazole rings is 1. The van der Waals surface area contributed by atoms with Crippen molar-refractivity contribution in [3.8, 4) is 11.5 Å². The molecule has 88 valence electrons. The predicted octanol–water partition coefficient (Wildman–Crippen LogP) is 2.09. The minimum atomic E-state index is -0.965. The van der Waals surface area contributed by atoms with E-state index < -0.39 is 5.97 Å². The lowest BCUT2D eigenvalue weighted by Gasteiger charge is -2.02. The number of carboxylic acid groups (broad SMARTS) is 1. The van der Waals surface area contributed by atoms with Gasteiger partial charge in [0.05, 0.1) is 17.3 Å². The number of pyridine rings is 2. The van der Waals surface area contributed by atoms with Crippen LogP contribution in [0.15, 0.2) is 48.9 Å². The van der Waals surface area contributed by atoms with Gasteiger partial charge >= 0.3 is 5.97 Å². The van der Waals surface area contributed by atoms with E-state index in [-0.39, 0.29) is 5.56 Å². The van der Waals surface area contributed by atoms with Crippen molar-refractivity contribution in [3.63, 3.8) is 0 Å². The number of nitrogens with zero attached hydrogens (tertiary/aromatic N) is 3. The molecular formula is C13H9N3O2. The van der Waals surface area contributed by atoms with Crippen LogP contribution in [0.5, 0.6) is 0 Å². The van der Waals surface area contributed by atoms with E-state index in [1.165, 1.54) is 0 Å². The second kappa shape index (κ2) is 3.96. The Hall–Kier alpha value is -2.69. The standard InChI is InChI=1S/C13H9N3O2/c17-13(18)9-4-3-7-16-11(9)8-15-12(16)10-5-1-2-6-14-10/h1-8H,(H,17,18). The summed E-state index contributed by atoms with van der Waals surface area (Å²) in [6, 6.07) is 8.76. The number of aromatic nitrogens is 3. The van der Waals surface area contributed by atoms with Gasteiger partial charge in [0.2, 0.25) is 0 Å². The van der Waals surface area contributed by atoms with Crippen molar-refractivity contribution in [2.45, 2.75) is 0 Å². The van der Waals surface area contributed by atoms with E-state index in [4.69, 9.17) is 5.11 Å². The molecular weight excluding hydrogens is 230 g/mol. The lowest BCUT2D eigenvalue weighted by Crippen LogP contribution is -2.00. The summed E-state index contributed by atoms with van der Waals surface area (Å²) >= 11 is 0. The molecule has 0 bridgehead atoms. The molecule has 0 amide bonds. The highest BCUT2D eigenvalue weighted by Gasteiger charge is 2.13. The van der Waals surface area contributed by atoms with Crippen LogP contribution in [0.2, 0.25) is 0 Å². The van der Waals surface area contributed by atoms with Crippen LogP contribution < -0.4 is 0 Å². The maximum absolute atomic E-state index is 11.1.